The zero-order valence-corrected chi connectivity index (χ0v) is 12.3. The number of benzene rings is 1. The molecule has 0 amide bonds. The monoisotopic (exact) mass is 284 g/mol. The Morgan fingerprint density at radius 2 is 2.11 bits per heavy atom. The zero-order valence-electron chi connectivity index (χ0n) is 11.5. The van der Waals surface area contributed by atoms with Crippen molar-refractivity contribution in [3.05, 3.63) is 18.2 Å². The molecule has 2 unspecified atom stereocenters. The van der Waals surface area contributed by atoms with Crippen LogP contribution in [0.5, 0.6) is 0 Å². The molecule has 1 aromatic carbocycles. The lowest BCUT2D eigenvalue weighted by atomic mass is 10.1. The molecule has 5 nitrogen and oxygen atoms in total. The molecule has 1 fully saturated rings. The van der Waals surface area contributed by atoms with E-state index in [4.69, 9.17) is 10.5 Å². The quantitative estimate of drug-likeness (QED) is 0.847. The van der Waals surface area contributed by atoms with Crippen LogP contribution in [-0.4, -0.2) is 40.5 Å². The lowest BCUT2D eigenvalue weighted by molar-refractivity contribution is 0.118. The van der Waals surface area contributed by atoms with Crippen molar-refractivity contribution < 1.29 is 13.2 Å². The van der Waals surface area contributed by atoms with Gasteiger partial charge in [0, 0.05) is 19.9 Å². The van der Waals surface area contributed by atoms with Crippen LogP contribution in [-0.2, 0) is 14.6 Å². The molecule has 1 aliphatic heterocycles. The van der Waals surface area contributed by atoms with Gasteiger partial charge in [0.1, 0.15) is 0 Å². The molecule has 0 aliphatic carbocycles. The molecule has 1 aliphatic rings. The maximum Gasteiger partial charge on any atom is 0.175 e. The van der Waals surface area contributed by atoms with E-state index in [0.29, 0.717) is 5.69 Å². The molecule has 1 aromatic rings. The van der Waals surface area contributed by atoms with Crippen LogP contribution in [0.2, 0.25) is 0 Å². The van der Waals surface area contributed by atoms with Crippen LogP contribution < -0.4 is 10.6 Å². The third-order valence-corrected chi connectivity index (χ3v) is 4.75. The fourth-order valence-electron chi connectivity index (χ4n) is 2.49. The zero-order chi connectivity index (χ0) is 14.2. The van der Waals surface area contributed by atoms with E-state index in [-0.39, 0.29) is 17.0 Å². The van der Waals surface area contributed by atoms with Crippen LogP contribution in [0.15, 0.2) is 23.1 Å². The van der Waals surface area contributed by atoms with Gasteiger partial charge in [0.15, 0.2) is 9.84 Å². The van der Waals surface area contributed by atoms with Gasteiger partial charge in [-0.2, -0.15) is 0 Å². The number of hydrogen-bond acceptors (Lipinski definition) is 5. The predicted molar refractivity (Wildman–Crippen MR) is 76.2 cm³/mol. The van der Waals surface area contributed by atoms with Gasteiger partial charge in [0.2, 0.25) is 0 Å². The highest BCUT2D eigenvalue weighted by molar-refractivity contribution is 7.90. The maximum absolute atomic E-state index is 11.5. The Labute approximate surface area is 114 Å². The summed E-state index contributed by atoms with van der Waals surface area (Å²) >= 11 is 0. The van der Waals surface area contributed by atoms with E-state index < -0.39 is 9.84 Å². The van der Waals surface area contributed by atoms with Gasteiger partial charge in [-0.05, 0) is 31.5 Å². The molecule has 106 valence electrons. The number of anilines is 2. The second-order valence-corrected chi connectivity index (χ2v) is 7.05. The SMILES string of the molecule is CC1OCCC1N(C)c1ccc(S(C)(=O)=O)cc1N. The molecule has 0 aromatic heterocycles. The first kappa shape index (κ1) is 14.1. The first-order chi connectivity index (χ1) is 8.80. The van der Waals surface area contributed by atoms with E-state index in [1.807, 2.05) is 14.0 Å². The summed E-state index contributed by atoms with van der Waals surface area (Å²) in [6.07, 6.45) is 2.28. The first-order valence-corrected chi connectivity index (χ1v) is 8.14. The summed E-state index contributed by atoms with van der Waals surface area (Å²) in [5.74, 6) is 0. The maximum atomic E-state index is 11.5. The van der Waals surface area contributed by atoms with Crippen molar-refractivity contribution in [2.24, 2.45) is 0 Å². The number of nitrogen functional groups attached to an aromatic ring is 1. The number of nitrogens with zero attached hydrogens (tertiary/aromatic N) is 1. The van der Waals surface area contributed by atoms with E-state index in [9.17, 15) is 8.42 Å². The van der Waals surface area contributed by atoms with Crippen molar-refractivity contribution in [1.82, 2.24) is 0 Å². The topological polar surface area (TPSA) is 72.6 Å². The second-order valence-electron chi connectivity index (χ2n) is 5.04. The second kappa shape index (κ2) is 5.02. The molecule has 0 saturated carbocycles. The molecule has 0 bridgehead atoms. The first-order valence-electron chi connectivity index (χ1n) is 6.24. The summed E-state index contributed by atoms with van der Waals surface area (Å²) in [6.45, 7) is 2.78. The van der Waals surface area contributed by atoms with Gasteiger partial charge in [-0.15, -0.1) is 0 Å². The van der Waals surface area contributed by atoms with Crippen molar-refractivity contribution >= 4 is 21.2 Å². The minimum absolute atomic E-state index is 0.152. The fraction of sp³-hybridized carbons (Fsp3) is 0.538. The Hall–Kier alpha value is -1.27. The fourth-order valence-corrected chi connectivity index (χ4v) is 3.15. The third kappa shape index (κ3) is 2.84. The van der Waals surface area contributed by atoms with Crippen molar-refractivity contribution in [2.45, 2.75) is 30.4 Å². The minimum atomic E-state index is -3.22. The van der Waals surface area contributed by atoms with E-state index in [1.165, 1.54) is 12.3 Å². The number of sulfone groups is 1. The number of hydrogen-bond donors (Lipinski definition) is 1. The van der Waals surface area contributed by atoms with Gasteiger partial charge in [-0.3, -0.25) is 0 Å². The lowest BCUT2D eigenvalue weighted by Crippen LogP contribution is -2.37. The average Bonchev–Trinajstić information content (AvgIpc) is 2.73. The number of likely N-dealkylation sites (N-methyl/N-ethyl adjacent to an activating group) is 1. The Morgan fingerprint density at radius 1 is 1.42 bits per heavy atom. The van der Waals surface area contributed by atoms with Crippen LogP contribution in [0.3, 0.4) is 0 Å². The van der Waals surface area contributed by atoms with Crippen LogP contribution in [0, 0.1) is 0 Å². The van der Waals surface area contributed by atoms with Crippen LogP contribution in [0.25, 0.3) is 0 Å². The van der Waals surface area contributed by atoms with Gasteiger partial charge in [-0.1, -0.05) is 0 Å². The molecular weight excluding hydrogens is 264 g/mol. The van der Waals surface area contributed by atoms with E-state index in [1.54, 1.807) is 12.1 Å². The third-order valence-electron chi connectivity index (χ3n) is 3.64. The van der Waals surface area contributed by atoms with E-state index >= 15 is 0 Å². The molecule has 0 radical (unpaired) electrons. The highest BCUT2D eigenvalue weighted by Gasteiger charge is 2.29. The predicted octanol–water partition coefficient (Wildman–Crippen LogP) is 1.29. The molecule has 1 saturated heterocycles. The smallest absolute Gasteiger partial charge is 0.175 e. The molecule has 1 heterocycles. The summed E-state index contributed by atoms with van der Waals surface area (Å²) in [5, 5.41) is 0. The number of nitrogens with two attached hydrogens (primary N) is 1. The van der Waals surface area contributed by atoms with Crippen LogP contribution in [0.4, 0.5) is 11.4 Å². The Balaban J connectivity index is 2.31. The summed E-state index contributed by atoms with van der Waals surface area (Å²) < 4.78 is 28.5. The van der Waals surface area contributed by atoms with Crippen LogP contribution >= 0.6 is 0 Å². The van der Waals surface area contributed by atoms with Crippen molar-refractivity contribution in [3.63, 3.8) is 0 Å². The van der Waals surface area contributed by atoms with Gasteiger partial charge < -0.3 is 15.4 Å². The summed E-state index contributed by atoms with van der Waals surface area (Å²) in [4.78, 5) is 2.32. The molecule has 19 heavy (non-hydrogen) atoms. The van der Waals surface area contributed by atoms with Crippen molar-refractivity contribution in [1.29, 1.82) is 0 Å². The summed E-state index contributed by atoms with van der Waals surface area (Å²) in [7, 11) is -1.26. The number of rotatable bonds is 3. The highest BCUT2D eigenvalue weighted by Crippen LogP contribution is 2.30. The highest BCUT2D eigenvalue weighted by atomic mass is 32.2. The average molecular weight is 284 g/mol. The standard InChI is InChI=1S/C13H20N2O3S/c1-9-12(6-7-18-9)15(2)13-5-4-10(8-11(13)14)19(3,16)17/h4-5,8-9,12H,6-7,14H2,1-3H3. The van der Waals surface area contributed by atoms with E-state index in [0.717, 1.165) is 18.7 Å². The molecule has 2 N–H and O–H groups in total. The normalized spacial score (nSPS) is 23.5. The Bertz CT molecular complexity index is 571. The molecule has 0 spiro atoms. The molecule has 6 heteroatoms. The Morgan fingerprint density at radius 3 is 2.58 bits per heavy atom. The van der Waals surface area contributed by atoms with Gasteiger partial charge >= 0.3 is 0 Å². The molecule has 2 rings (SSSR count). The lowest BCUT2D eigenvalue weighted by Gasteiger charge is -2.30. The molecular formula is C13H20N2O3S. The van der Waals surface area contributed by atoms with Crippen molar-refractivity contribution in [2.75, 3.05) is 30.5 Å². The van der Waals surface area contributed by atoms with Gasteiger partial charge in [-0.25, -0.2) is 8.42 Å². The van der Waals surface area contributed by atoms with Crippen LogP contribution in [0.1, 0.15) is 13.3 Å². The summed E-state index contributed by atoms with van der Waals surface area (Å²) in [6, 6.07) is 5.14. The molecule has 2 atom stereocenters. The Kier molecular flexibility index (Phi) is 3.73. The van der Waals surface area contributed by atoms with Gasteiger partial charge in [0.05, 0.1) is 28.4 Å². The number of ether oxygens (including phenoxy) is 1. The largest absolute Gasteiger partial charge is 0.397 e. The minimum Gasteiger partial charge on any atom is -0.397 e. The summed E-state index contributed by atoms with van der Waals surface area (Å²) in [5.41, 5.74) is 7.30. The van der Waals surface area contributed by atoms with Crippen molar-refractivity contribution in [3.8, 4) is 0 Å². The van der Waals surface area contributed by atoms with Gasteiger partial charge in [0.25, 0.3) is 0 Å². The van der Waals surface area contributed by atoms with E-state index in [2.05, 4.69) is 4.90 Å².